The summed E-state index contributed by atoms with van der Waals surface area (Å²) in [5.41, 5.74) is -0.717. The Labute approximate surface area is 107 Å². The smallest absolute Gasteiger partial charge is 0.270 e. The Hall–Kier alpha value is -2.70. The van der Waals surface area contributed by atoms with Gasteiger partial charge in [-0.3, -0.25) is 14.9 Å². The van der Waals surface area contributed by atoms with Gasteiger partial charge >= 0.3 is 0 Å². The zero-order valence-electron chi connectivity index (χ0n) is 9.63. The van der Waals surface area contributed by atoms with Crippen LogP contribution >= 0.6 is 0 Å². The van der Waals surface area contributed by atoms with Gasteiger partial charge in [-0.1, -0.05) is 0 Å². The highest BCUT2D eigenvalue weighted by atomic mass is 19.1. The highest BCUT2D eigenvalue weighted by Gasteiger charge is 2.16. The fourth-order valence-electron chi connectivity index (χ4n) is 1.48. The normalized spacial score (nSPS) is 10.2. The van der Waals surface area contributed by atoms with Crippen LogP contribution in [0.25, 0.3) is 0 Å². The van der Waals surface area contributed by atoms with Gasteiger partial charge in [-0.05, 0) is 18.2 Å². The van der Waals surface area contributed by atoms with Gasteiger partial charge in [0.25, 0.3) is 11.6 Å². The first-order valence-electron chi connectivity index (χ1n) is 5.32. The number of nitrogens with zero attached hydrogens (tertiary/aromatic N) is 1. The molecule has 98 valence electrons. The van der Waals surface area contributed by atoms with Crippen LogP contribution in [0.15, 0.2) is 41.0 Å². The van der Waals surface area contributed by atoms with Crippen molar-refractivity contribution in [2.75, 3.05) is 0 Å². The Morgan fingerprint density at radius 1 is 1.42 bits per heavy atom. The molecule has 7 heteroatoms. The van der Waals surface area contributed by atoms with Crippen LogP contribution in [0.5, 0.6) is 0 Å². The zero-order valence-corrected chi connectivity index (χ0v) is 9.63. The van der Waals surface area contributed by atoms with E-state index in [9.17, 15) is 19.3 Å². The Morgan fingerprint density at radius 2 is 2.21 bits per heavy atom. The summed E-state index contributed by atoms with van der Waals surface area (Å²) in [5.74, 6) is -1.06. The summed E-state index contributed by atoms with van der Waals surface area (Å²) >= 11 is 0. The van der Waals surface area contributed by atoms with Crippen molar-refractivity contribution in [1.29, 1.82) is 0 Å². The first kappa shape index (κ1) is 12.7. The van der Waals surface area contributed by atoms with Crippen LogP contribution in [0.4, 0.5) is 10.1 Å². The van der Waals surface area contributed by atoms with Crippen molar-refractivity contribution < 1.29 is 18.5 Å². The number of carbonyl (C=O) groups excluding carboxylic acids is 1. The first-order valence-corrected chi connectivity index (χ1v) is 5.32. The number of halogens is 1. The lowest BCUT2D eigenvalue weighted by molar-refractivity contribution is -0.384. The molecule has 2 aromatic rings. The van der Waals surface area contributed by atoms with Gasteiger partial charge in [-0.25, -0.2) is 4.39 Å². The third-order valence-electron chi connectivity index (χ3n) is 2.41. The number of nitro benzene ring substituents is 1. The second-order valence-corrected chi connectivity index (χ2v) is 3.68. The molecule has 0 unspecified atom stereocenters. The number of hydrogen-bond donors (Lipinski definition) is 1. The lowest BCUT2D eigenvalue weighted by Gasteiger charge is -2.04. The molecule has 0 bridgehead atoms. The minimum absolute atomic E-state index is 0.0773. The van der Waals surface area contributed by atoms with E-state index in [4.69, 9.17) is 4.42 Å². The molecule has 0 aliphatic heterocycles. The summed E-state index contributed by atoms with van der Waals surface area (Å²) in [6, 6.07) is 6.07. The number of amides is 1. The van der Waals surface area contributed by atoms with Crippen LogP contribution in [-0.2, 0) is 6.54 Å². The van der Waals surface area contributed by atoms with Gasteiger partial charge in [0.2, 0.25) is 0 Å². The first-order chi connectivity index (χ1) is 9.08. The minimum Gasteiger partial charge on any atom is -0.467 e. The van der Waals surface area contributed by atoms with Crippen molar-refractivity contribution in [3.05, 3.63) is 63.9 Å². The average Bonchev–Trinajstić information content (AvgIpc) is 2.89. The minimum atomic E-state index is -0.817. The van der Waals surface area contributed by atoms with Gasteiger partial charge in [0.05, 0.1) is 23.3 Å². The maximum absolute atomic E-state index is 13.4. The molecule has 1 aromatic heterocycles. The molecule has 0 aliphatic carbocycles. The van der Waals surface area contributed by atoms with Crippen LogP contribution in [0.3, 0.4) is 0 Å². The van der Waals surface area contributed by atoms with Crippen LogP contribution in [0, 0.1) is 15.9 Å². The van der Waals surface area contributed by atoms with E-state index in [1.807, 2.05) is 0 Å². The zero-order chi connectivity index (χ0) is 13.8. The van der Waals surface area contributed by atoms with E-state index in [1.165, 1.54) is 6.26 Å². The number of benzene rings is 1. The molecule has 2 rings (SSSR count). The van der Waals surface area contributed by atoms with Crippen molar-refractivity contribution in [1.82, 2.24) is 5.32 Å². The fraction of sp³-hybridized carbons (Fsp3) is 0.0833. The van der Waals surface area contributed by atoms with Gasteiger partial charge in [0.1, 0.15) is 11.6 Å². The van der Waals surface area contributed by atoms with Crippen LogP contribution in [0.2, 0.25) is 0 Å². The van der Waals surface area contributed by atoms with Crippen LogP contribution in [0.1, 0.15) is 16.1 Å². The standard InChI is InChI=1S/C12H9FN2O4/c13-11-4-3-8(15(17)18)6-10(11)12(16)14-7-9-2-1-5-19-9/h1-6H,7H2,(H,14,16). The second-order valence-electron chi connectivity index (χ2n) is 3.68. The van der Waals surface area contributed by atoms with Gasteiger partial charge in [-0.15, -0.1) is 0 Å². The van der Waals surface area contributed by atoms with E-state index in [0.717, 1.165) is 18.2 Å². The van der Waals surface area contributed by atoms with Gasteiger partial charge in [-0.2, -0.15) is 0 Å². The highest BCUT2D eigenvalue weighted by molar-refractivity contribution is 5.95. The Balaban J connectivity index is 2.14. The van der Waals surface area contributed by atoms with E-state index in [-0.39, 0.29) is 17.8 Å². The van der Waals surface area contributed by atoms with Crippen LogP contribution < -0.4 is 5.32 Å². The predicted octanol–water partition coefficient (Wildman–Crippen LogP) is 2.26. The molecule has 0 saturated carbocycles. The van der Waals surface area contributed by atoms with Gasteiger partial charge < -0.3 is 9.73 Å². The third-order valence-corrected chi connectivity index (χ3v) is 2.41. The number of non-ortho nitro benzene ring substituents is 1. The molecule has 1 aromatic carbocycles. The van der Waals surface area contributed by atoms with E-state index in [2.05, 4.69) is 5.32 Å². The van der Waals surface area contributed by atoms with Gasteiger partial charge in [0.15, 0.2) is 0 Å². The number of furan rings is 1. The SMILES string of the molecule is O=C(NCc1ccco1)c1cc([N+](=O)[O-])ccc1F. The van der Waals surface area contributed by atoms with E-state index in [0.29, 0.717) is 5.76 Å². The third kappa shape index (κ3) is 2.95. The highest BCUT2D eigenvalue weighted by Crippen LogP contribution is 2.16. The van der Waals surface area contributed by atoms with Crippen molar-refractivity contribution in [2.45, 2.75) is 6.54 Å². The molecule has 0 radical (unpaired) electrons. The molecule has 1 heterocycles. The van der Waals surface area contributed by atoms with E-state index in [1.54, 1.807) is 12.1 Å². The average molecular weight is 264 g/mol. The molecule has 1 N–H and O–H groups in total. The molecule has 0 atom stereocenters. The molecule has 6 nitrogen and oxygen atoms in total. The summed E-state index contributed by atoms with van der Waals surface area (Å²) in [6.07, 6.45) is 1.44. The molecule has 0 aliphatic rings. The molecule has 19 heavy (non-hydrogen) atoms. The summed E-state index contributed by atoms with van der Waals surface area (Å²) in [7, 11) is 0. The molecule has 1 amide bonds. The van der Waals surface area contributed by atoms with E-state index < -0.39 is 16.6 Å². The number of carbonyl (C=O) groups is 1. The monoisotopic (exact) mass is 264 g/mol. The predicted molar refractivity (Wildman–Crippen MR) is 62.9 cm³/mol. The van der Waals surface area contributed by atoms with Crippen molar-refractivity contribution in [3.63, 3.8) is 0 Å². The summed E-state index contributed by atoms with van der Waals surface area (Å²) < 4.78 is 18.4. The lowest BCUT2D eigenvalue weighted by atomic mass is 10.1. The summed E-state index contributed by atoms with van der Waals surface area (Å²) in [5, 5.41) is 13.0. The molecule has 0 saturated heterocycles. The molecular formula is C12H9FN2O4. The number of nitrogens with one attached hydrogen (secondary N) is 1. The lowest BCUT2D eigenvalue weighted by Crippen LogP contribution is -2.23. The second kappa shape index (κ2) is 5.30. The Bertz CT molecular complexity index is 610. The van der Waals surface area contributed by atoms with E-state index >= 15 is 0 Å². The van der Waals surface area contributed by atoms with Crippen molar-refractivity contribution in [3.8, 4) is 0 Å². The fourth-order valence-corrected chi connectivity index (χ4v) is 1.48. The number of rotatable bonds is 4. The quantitative estimate of drug-likeness (QED) is 0.678. The molecular weight excluding hydrogens is 255 g/mol. The van der Waals surface area contributed by atoms with Crippen molar-refractivity contribution >= 4 is 11.6 Å². The topological polar surface area (TPSA) is 85.4 Å². The summed E-state index contributed by atoms with van der Waals surface area (Å²) in [4.78, 5) is 21.6. The number of hydrogen-bond acceptors (Lipinski definition) is 4. The van der Waals surface area contributed by atoms with Crippen LogP contribution in [-0.4, -0.2) is 10.8 Å². The Kier molecular flexibility index (Phi) is 3.56. The van der Waals surface area contributed by atoms with Crippen molar-refractivity contribution in [2.24, 2.45) is 0 Å². The number of nitro groups is 1. The maximum Gasteiger partial charge on any atom is 0.270 e. The summed E-state index contributed by atoms with van der Waals surface area (Å²) in [6.45, 7) is 0.0773. The Morgan fingerprint density at radius 3 is 2.84 bits per heavy atom. The molecule has 0 fully saturated rings. The molecule has 0 spiro atoms. The largest absolute Gasteiger partial charge is 0.467 e. The maximum atomic E-state index is 13.4. The van der Waals surface area contributed by atoms with Gasteiger partial charge in [0, 0.05) is 12.1 Å².